The number of benzene rings is 1. The van der Waals surface area contributed by atoms with Crippen LogP contribution in [-0.4, -0.2) is 26.7 Å². The summed E-state index contributed by atoms with van der Waals surface area (Å²) >= 11 is 4.91. The lowest BCUT2D eigenvalue weighted by Crippen LogP contribution is -2.33. The molecular weight excluding hydrogens is 426 g/mol. The van der Waals surface area contributed by atoms with E-state index in [1.54, 1.807) is 35.2 Å². The maximum atomic E-state index is 10.9. The third kappa shape index (κ3) is 4.14. The van der Waals surface area contributed by atoms with Gasteiger partial charge in [-0.25, -0.2) is 9.97 Å². The summed E-state index contributed by atoms with van der Waals surface area (Å²) in [7, 11) is 0. The molecule has 3 heterocycles. The zero-order valence-electron chi connectivity index (χ0n) is 16.4. The number of nitrogens with zero attached hydrogens (tertiary/aromatic N) is 3. The van der Waals surface area contributed by atoms with Gasteiger partial charge in [0, 0.05) is 34.6 Å². The number of thiophene rings is 1. The van der Waals surface area contributed by atoms with Crippen molar-refractivity contribution in [2.24, 2.45) is 0 Å². The number of rotatable bonds is 6. The fourth-order valence-corrected chi connectivity index (χ4v) is 5.97. The van der Waals surface area contributed by atoms with E-state index < -0.39 is 0 Å². The minimum atomic E-state index is -0.375. The average Bonchev–Trinajstić information content (AvgIpc) is 3.09. The normalized spacial score (nSPS) is 18.7. The predicted molar refractivity (Wildman–Crippen MR) is 119 cm³/mol. The second-order valence-corrected chi connectivity index (χ2v) is 10.0. The summed E-state index contributed by atoms with van der Waals surface area (Å²) in [5.74, 6) is 0.699. The van der Waals surface area contributed by atoms with Crippen LogP contribution in [0.2, 0.25) is 0 Å². The molecule has 9 heteroatoms. The number of nitro groups is 1. The smallest absolute Gasteiger partial charge is 0.269 e. The molecule has 1 aromatic carbocycles. The Kier molecular flexibility index (Phi) is 5.83. The van der Waals surface area contributed by atoms with Crippen LogP contribution in [0.1, 0.15) is 36.3 Å². The number of thioether (sulfide) groups is 2. The van der Waals surface area contributed by atoms with E-state index in [2.05, 4.69) is 13.8 Å². The fraction of sp³-hybridized carbons (Fsp3) is 0.400. The maximum absolute atomic E-state index is 10.9. The standard InChI is InChI=1S/C20H21N3O3S3/c1-4-20(2)9-14-15(10-26-20)29-18-16(14)17(21-19(22-18)27-3)28-11-12-5-7-13(8-6-12)23(24)25/h5-8H,4,9-11H2,1-3H3/t20-/m1/s1. The summed E-state index contributed by atoms with van der Waals surface area (Å²) in [4.78, 5) is 22.3. The second-order valence-electron chi connectivity index (χ2n) is 7.18. The summed E-state index contributed by atoms with van der Waals surface area (Å²) in [6.45, 7) is 4.95. The van der Waals surface area contributed by atoms with Crippen LogP contribution < -0.4 is 0 Å². The zero-order valence-corrected chi connectivity index (χ0v) is 18.9. The summed E-state index contributed by atoms with van der Waals surface area (Å²) in [6.07, 6.45) is 3.81. The first-order chi connectivity index (χ1) is 13.9. The van der Waals surface area contributed by atoms with Crippen LogP contribution in [0.5, 0.6) is 0 Å². The highest BCUT2D eigenvalue weighted by Gasteiger charge is 2.33. The first kappa shape index (κ1) is 20.6. The van der Waals surface area contributed by atoms with Crippen molar-refractivity contribution in [1.82, 2.24) is 9.97 Å². The van der Waals surface area contributed by atoms with E-state index >= 15 is 0 Å². The molecule has 152 valence electrons. The number of ether oxygens (including phenoxy) is 1. The number of aromatic nitrogens is 2. The molecule has 2 aromatic heterocycles. The minimum Gasteiger partial charge on any atom is -0.369 e. The van der Waals surface area contributed by atoms with Gasteiger partial charge in [0.05, 0.1) is 17.1 Å². The van der Waals surface area contributed by atoms with Gasteiger partial charge in [-0.3, -0.25) is 10.1 Å². The molecule has 0 N–H and O–H groups in total. The highest BCUT2D eigenvalue weighted by atomic mass is 32.2. The molecule has 6 nitrogen and oxygen atoms in total. The van der Waals surface area contributed by atoms with Gasteiger partial charge >= 0.3 is 0 Å². The Morgan fingerprint density at radius 3 is 2.72 bits per heavy atom. The molecule has 1 aliphatic rings. The number of non-ortho nitro benzene ring substituents is 1. The van der Waals surface area contributed by atoms with E-state index in [4.69, 9.17) is 14.7 Å². The molecule has 0 unspecified atom stereocenters. The van der Waals surface area contributed by atoms with E-state index in [1.807, 2.05) is 18.4 Å². The largest absolute Gasteiger partial charge is 0.369 e. The third-order valence-electron chi connectivity index (χ3n) is 5.24. The highest BCUT2D eigenvalue weighted by Crippen LogP contribution is 2.43. The van der Waals surface area contributed by atoms with E-state index in [0.717, 1.165) is 38.8 Å². The number of hydrogen-bond donors (Lipinski definition) is 0. The molecule has 0 spiro atoms. The number of hydrogen-bond acceptors (Lipinski definition) is 8. The third-order valence-corrected chi connectivity index (χ3v) is 7.93. The Hall–Kier alpha value is -1.68. The van der Waals surface area contributed by atoms with Crippen LogP contribution in [0.15, 0.2) is 34.4 Å². The van der Waals surface area contributed by atoms with Gasteiger partial charge in [-0.1, -0.05) is 30.8 Å². The van der Waals surface area contributed by atoms with Gasteiger partial charge in [0.1, 0.15) is 9.86 Å². The van der Waals surface area contributed by atoms with Crippen molar-refractivity contribution in [2.75, 3.05) is 6.26 Å². The van der Waals surface area contributed by atoms with Crippen LogP contribution in [-0.2, 0) is 23.5 Å². The average molecular weight is 448 g/mol. The molecule has 0 bridgehead atoms. The molecule has 0 radical (unpaired) electrons. The molecule has 0 saturated carbocycles. The minimum absolute atomic E-state index is 0.110. The molecule has 0 amide bonds. The molecule has 4 rings (SSSR count). The van der Waals surface area contributed by atoms with Crippen molar-refractivity contribution in [3.8, 4) is 0 Å². The van der Waals surface area contributed by atoms with Crippen LogP contribution in [0.3, 0.4) is 0 Å². The summed E-state index contributed by atoms with van der Waals surface area (Å²) < 4.78 is 6.12. The lowest BCUT2D eigenvalue weighted by molar-refractivity contribution is -0.384. The van der Waals surface area contributed by atoms with Gasteiger partial charge in [-0.2, -0.15) is 0 Å². The van der Waals surface area contributed by atoms with Crippen LogP contribution in [0, 0.1) is 10.1 Å². The second kappa shape index (κ2) is 8.22. The van der Waals surface area contributed by atoms with Crippen molar-refractivity contribution >= 4 is 50.8 Å². The molecule has 0 aliphatic carbocycles. The van der Waals surface area contributed by atoms with E-state index in [1.165, 1.54) is 22.2 Å². The first-order valence-corrected chi connectivity index (χ1v) is 12.3. The van der Waals surface area contributed by atoms with Gasteiger partial charge in [-0.05, 0) is 30.7 Å². The molecular formula is C20H21N3O3S3. The van der Waals surface area contributed by atoms with Gasteiger partial charge in [-0.15, -0.1) is 23.1 Å². The Balaban J connectivity index is 1.69. The highest BCUT2D eigenvalue weighted by molar-refractivity contribution is 7.99. The maximum Gasteiger partial charge on any atom is 0.269 e. The van der Waals surface area contributed by atoms with Gasteiger partial charge in [0.2, 0.25) is 0 Å². The molecule has 1 atom stereocenters. The van der Waals surface area contributed by atoms with E-state index in [0.29, 0.717) is 12.4 Å². The molecule has 3 aromatic rings. The Bertz CT molecular complexity index is 1070. The summed E-state index contributed by atoms with van der Waals surface area (Å²) in [5, 5.41) is 13.8. The fourth-order valence-electron chi connectivity index (χ4n) is 3.31. The Morgan fingerprint density at radius 2 is 2.07 bits per heavy atom. The summed E-state index contributed by atoms with van der Waals surface area (Å²) in [5.41, 5.74) is 2.31. The summed E-state index contributed by atoms with van der Waals surface area (Å²) in [6, 6.07) is 6.72. The molecule has 29 heavy (non-hydrogen) atoms. The predicted octanol–water partition coefficient (Wildman–Crippen LogP) is 5.86. The molecule has 1 aliphatic heterocycles. The monoisotopic (exact) mass is 447 g/mol. The zero-order chi connectivity index (χ0) is 20.6. The Labute approximate surface area is 181 Å². The number of fused-ring (bicyclic) bond motifs is 3. The van der Waals surface area contributed by atoms with Crippen molar-refractivity contribution in [3.05, 3.63) is 50.4 Å². The van der Waals surface area contributed by atoms with Crippen molar-refractivity contribution < 1.29 is 9.66 Å². The quantitative estimate of drug-likeness (QED) is 0.154. The van der Waals surface area contributed by atoms with Crippen LogP contribution in [0.25, 0.3) is 10.2 Å². The van der Waals surface area contributed by atoms with Crippen LogP contribution in [0.4, 0.5) is 5.69 Å². The van der Waals surface area contributed by atoms with Crippen molar-refractivity contribution in [1.29, 1.82) is 0 Å². The van der Waals surface area contributed by atoms with Gasteiger partial charge in [0.25, 0.3) is 5.69 Å². The topological polar surface area (TPSA) is 78.2 Å². The van der Waals surface area contributed by atoms with Gasteiger partial charge in [0.15, 0.2) is 5.16 Å². The van der Waals surface area contributed by atoms with Crippen LogP contribution >= 0.6 is 34.9 Å². The molecule has 0 fully saturated rings. The number of nitro benzene ring substituents is 1. The van der Waals surface area contributed by atoms with E-state index in [-0.39, 0.29) is 16.2 Å². The van der Waals surface area contributed by atoms with Crippen molar-refractivity contribution in [2.45, 2.75) is 54.8 Å². The molecule has 0 saturated heterocycles. The Morgan fingerprint density at radius 1 is 1.31 bits per heavy atom. The van der Waals surface area contributed by atoms with E-state index in [9.17, 15) is 10.1 Å². The lowest BCUT2D eigenvalue weighted by atomic mass is 9.90. The lowest BCUT2D eigenvalue weighted by Gasteiger charge is -2.33. The SMILES string of the molecule is CC[C@]1(C)Cc2c(sc3nc(SC)nc(SCc4ccc([N+](=O)[O-])cc4)c23)CO1. The first-order valence-electron chi connectivity index (χ1n) is 9.29. The van der Waals surface area contributed by atoms with Crippen molar-refractivity contribution in [3.63, 3.8) is 0 Å². The van der Waals surface area contributed by atoms with Gasteiger partial charge < -0.3 is 4.74 Å².